The number of amides is 1. The Hall–Kier alpha value is -1.88. The first-order valence-corrected chi connectivity index (χ1v) is 7.50. The van der Waals surface area contributed by atoms with E-state index in [1.54, 1.807) is 24.3 Å². The minimum atomic E-state index is -0.922. The van der Waals surface area contributed by atoms with Gasteiger partial charge in [0, 0.05) is 6.54 Å². The quantitative estimate of drug-likeness (QED) is 0.769. The Morgan fingerprint density at radius 3 is 2.67 bits per heavy atom. The summed E-state index contributed by atoms with van der Waals surface area (Å²) in [5, 5.41) is 15.0. The number of hydrogen-bond donors (Lipinski definition) is 3. The minimum absolute atomic E-state index is 0.0677. The minimum Gasteiger partial charge on any atom is -0.478 e. The van der Waals surface area contributed by atoms with Crippen LogP contribution in [0.5, 0.6) is 0 Å². The van der Waals surface area contributed by atoms with Gasteiger partial charge in [0.2, 0.25) is 5.91 Å². The van der Waals surface area contributed by atoms with Crippen LogP contribution in [0.4, 0.5) is 0 Å². The summed E-state index contributed by atoms with van der Waals surface area (Å²) in [4.78, 5) is 22.8. The van der Waals surface area contributed by atoms with Gasteiger partial charge in [-0.1, -0.05) is 25.0 Å². The first-order valence-electron chi connectivity index (χ1n) is 7.50. The number of carbonyl (C=O) groups is 2. The maximum Gasteiger partial charge on any atom is 0.335 e. The van der Waals surface area contributed by atoms with Crippen LogP contribution in [0.25, 0.3) is 0 Å². The number of carbonyl (C=O) groups excluding carboxylic acids is 1. The van der Waals surface area contributed by atoms with Gasteiger partial charge in [-0.25, -0.2) is 4.79 Å². The van der Waals surface area contributed by atoms with Crippen LogP contribution in [0.2, 0.25) is 0 Å². The molecule has 1 aliphatic rings. The van der Waals surface area contributed by atoms with Crippen molar-refractivity contribution in [2.24, 2.45) is 0 Å². The third kappa shape index (κ3) is 4.86. The van der Waals surface area contributed by atoms with E-state index in [1.807, 2.05) is 0 Å². The van der Waals surface area contributed by atoms with Crippen molar-refractivity contribution in [2.75, 3.05) is 13.1 Å². The van der Waals surface area contributed by atoms with E-state index >= 15 is 0 Å². The molecule has 0 aliphatic carbocycles. The van der Waals surface area contributed by atoms with E-state index in [1.165, 1.54) is 6.42 Å². The molecule has 1 saturated heterocycles. The van der Waals surface area contributed by atoms with Gasteiger partial charge in [-0.3, -0.25) is 4.79 Å². The van der Waals surface area contributed by atoms with Crippen LogP contribution in [-0.4, -0.2) is 36.1 Å². The van der Waals surface area contributed by atoms with Crippen molar-refractivity contribution in [3.8, 4) is 0 Å². The standard InChI is InChI=1S/C16H22N2O3/c19-15(14-4-2-1-3-10-17-14)18-11-9-12-5-7-13(8-6-12)16(20)21/h5-8,14,17H,1-4,9-11H2,(H,18,19)(H,20,21). The van der Waals surface area contributed by atoms with E-state index in [9.17, 15) is 9.59 Å². The van der Waals surface area contributed by atoms with Crippen LogP contribution in [-0.2, 0) is 11.2 Å². The fraction of sp³-hybridized carbons (Fsp3) is 0.500. The molecule has 1 fully saturated rings. The van der Waals surface area contributed by atoms with Crippen LogP contribution in [0.15, 0.2) is 24.3 Å². The van der Waals surface area contributed by atoms with E-state index in [0.29, 0.717) is 13.0 Å². The lowest BCUT2D eigenvalue weighted by molar-refractivity contribution is -0.123. The summed E-state index contributed by atoms with van der Waals surface area (Å²) in [7, 11) is 0. The summed E-state index contributed by atoms with van der Waals surface area (Å²) in [6, 6.07) is 6.69. The van der Waals surface area contributed by atoms with Crippen molar-refractivity contribution in [2.45, 2.75) is 38.1 Å². The number of benzene rings is 1. The third-order valence-corrected chi connectivity index (χ3v) is 3.79. The van der Waals surface area contributed by atoms with Gasteiger partial charge in [0.1, 0.15) is 0 Å². The van der Waals surface area contributed by atoms with Gasteiger partial charge in [-0.05, 0) is 43.5 Å². The fourth-order valence-electron chi connectivity index (χ4n) is 2.52. The predicted octanol–water partition coefficient (Wildman–Crippen LogP) is 1.58. The zero-order valence-electron chi connectivity index (χ0n) is 12.1. The second-order valence-corrected chi connectivity index (χ2v) is 5.40. The largest absolute Gasteiger partial charge is 0.478 e. The van der Waals surface area contributed by atoms with E-state index in [0.717, 1.165) is 31.4 Å². The summed E-state index contributed by atoms with van der Waals surface area (Å²) >= 11 is 0. The Labute approximate surface area is 124 Å². The highest BCUT2D eigenvalue weighted by molar-refractivity contribution is 5.87. The van der Waals surface area contributed by atoms with E-state index in [2.05, 4.69) is 10.6 Å². The molecule has 1 amide bonds. The van der Waals surface area contributed by atoms with Gasteiger partial charge in [-0.15, -0.1) is 0 Å². The first-order chi connectivity index (χ1) is 10.2. The first kappa shape index (κ1) is 15.5. The van der Waals surface area contributed by atoms with Gasteiger partial charge in [0.25, 0.3) is 0 Å². The van der Waals surface area contributed by atoms with E-state index < -0.39 is 5.97 Å². The molecular weight excluding hydrogens is 268 g/mol. The van der Waals surface area contributed by atoms with E-state index in [-0.39, 0.29) is 17.5 Å². The van der Waals surface area contributed by atoms with Crippen LogP contribution < -0.4 is 10.6 Å². The molecule has 1 aromatic rings. The van der Waals surface area contributed by atoms with Gasteiger partial charge in [-0.2, -0.15) is 0 Å². The molecule has 114 valence electrons. The Morgan fingerprint density at radius 2 is 1.95 bits per heavy atom. The highest BCUT2D eigenvalue weighted by Gasteiger charge is 2.18. The smallest absolute Gasteiger partial charge is 0.335 e. The molecule has 5 nitrogen and oxygen atoms in total. The molecule has 0 aromatic heterocycles. The summed E-state index contributed by atoms with van der Waals surface area (Å²) in [5.41, 5.74) is 1.31. The Bertz CT molecular complexity index is 477. The molecule has 0 radical (unpaired) electrons. The molecule has 0 bridgehead atoms. The van der Waals surface area contributed by atoms with Crippen LogP contribution in [0.3, 0.4) is 0 Å². The SMILES string of the molecule is O=C(O)c1ccc(CCNC(=O)C2CCCCCN2)cc1. The Morgan fingerprint density at radius 1 is 1.19 bits per heavy atom. The molecule has 1 atom stereocenters. The molecule has 0 spiro atoms. The lowest BCUT2D eigenvalue weighted by Crippen LogP contribution is -2.44. The zero-order valence-corrected chi connectivity index (χ0v) is 12.1. The van der Waals surface area contributed by atoms with Crippen molar-refractivity contribution >= 4 is 11.9 Å². The molecule has 3 N–H and O–H groups in total. The fourth-order valence-corrected chi connectivity index (χ4v) is 2.52. The Kier molecular flexibility index (Phi) is 5.75. The van der Waals surface area contributed by atoms with Crippen molar-refractivity contribution in [3.63, 3.8) is 0 Å². The van der Waals surface area contributed by atoms with Gasteiger partial charge in [0.05, 0.1) is 11.6 Å². The second-order valence-electron chi connectivity index (χ2n) is 5.40. The Balaban J connectivity index is 1.75. The van der Waals surface area contributed by atoms with Gasteiger partial charge >= 0.3 is 5.97 Å². The number of aromatic carboxylic acids is 1. The molecule has 1 unspecified atom stereocenters. The molecule has 21 heavy (non-hydrogen) atoms. The monoisotopic (exact) mass is 290 g/mol. The maximum atomic E-state index is 12.0. The normalized spacial score (nSPS) is 18.8. The number of hydrogen-bond acceptors (Lipinski definition) is 3. The number of carboxylic acid groups (broad SMARTS) is 1. The second kappa shape index (κ2) is 7.78. The molecule has 1 aliphatic heterocycles. The highest BCUT2D eigenvalue weighted by Crippen LogP contribution is 2.08. The lowest BCUT2D eigenvalue weighted by atomic mass is 10.1. The summed E-state index contributed by atoms with van der Waals surface area (Å²) in [6.07, 6.45) is 5.03. The maximum absolute atomic E-state index is 12.0. The molecule has 0 saturated carbocycles. The third-order valence-electron chi connectivity index (χ3n) is 3.79. The van der Waals surface area contributed by atoms with Gasteiger partial charge < -0.3 is 15.7 Å². The molecule has 2 rings (SSSR count). The summed E-state index contributed by atoms with van der Waals surface area (Å²) in [5.74, 6) is -0.853. The topological polar surface area (TPSA) is 78.4 Å². The van der Waals surface area contributed by atoms with Crippen LogP contribution in [0.1, 0.15) is 41.6 Å². The summed E-state index contributed by atoms with van der Waals surface area (Å²) < 4.78 is 0. The van der Waals surface area contributed by atoms with Crippen molar-refractivity contribution in [1.82, 2.24) is 10.6 Å². The predicted molar refractivity (Wildman–Crippen MR) is 80.4 cm³/mol. The molecular formula is C16H22N2O3. The summed E-state index contributed by atoms with van der Waals surface area (Å²) in [6.45, 7) is 1.48. The van der Waals surface area contributed by atoms with Crippen molar-refractivity contribution < 1.29 is 14.7 Å². The zero-order chi connectivity index (χ0) is 15.1. The highest BCUT2D eigenvalue weighted by atomic mass is 16.4. The number of rotatable bonds is 5. The number of nitrogens with one attached hydrogen (secondary N) is 2. The molecule has 5 heteroatoms. The van der Waals surface area contributed by atoms with Gasteiger partial charge in [0.15, 0.2) is 0 Å². The molecule has 1 heterocycles. The number of carboxylic acids is 1. The van der Waals surface area contributed by atoms with Crippen LogP contribution >= 0.6 is 0 Å². The van der Waals surface area contributed by atoms with E-state index in [4.69, 9.17) is 5.11 Å². The van der Waals surface area contributed by atoms with Crippen molar-refractivity contribution in [3.05, 3.63) is 35.4 Å². The average molecular weight is 290 g/mol. The van der Waals surface area contributed by atoms with Crippen LogP contribution in [0, 0.1) is 0 Å². The van der Waals surface area contributed by atoms with Crippen molar-refractivity contribution in [1.29, 1.82) is 0 Å². The lowest BCUT2D eigenvalue weighted by Gasteiger charge is -2.15. The average Bonchev–Trinajstić information content (AvgIpc) is 2.77. The molecule has 1 aromatic carbocycles.